The van der Waals surface area contributed by atoms with E-state index in [1.165, 1.54) is 71.1 Å². The van der Waals surface area contributed by atoms with E-state index in [9.17, 15) is 24.6 Å². The summed E-state index contributed by atoms with van der Waals surface area (Å²) in [5.74, 6) is -0.885. The molecule has 0 aromatic heterocycles. The first-order valence-electron chi connectivity index (χ1n) is 14.7. The maximum absolute atomic E-state index is 12.7. The van der Waals surface area contributed by atoms with Crippen molar-refractivity contribution in [2.24, 2.45) is 0 Å². The standard InChI is InChI=1S/C31H48N2O6/c1-5-6-7-8-9-10-11-12-13-14-15-16-17-19-24-20-18-21-25(39-22(2)3)27(24)28-26(29(34)35)23(4)32-30(36)33(28)31(37)38/h18,20-22,28H,5-17,19H2,1-4H3,(H,32,36)(H,34,35)(H,37,38). The summed E-state index contributed by atoms with van der Waals surface area (Å²) in [5, 5.41) is 22.3. The van der Waals surface area contributed by atoms with Crippen LogP contribution in [-0.4, -0.2) is 39.3 Å². The van der Waals surface area contributed by atoms with Crippen LogP contribution in [0.1, 0.15) is 128 Å². The van der Waals surface area contributed by atoms with Crippen LogP contribution in [0.25, 0.3) is 0 Å². The highest BCUT2D eigenvalue weighted by Crippen LogP contribution is 2.41. The molecule has 1 atom stereocenters. The molecule has 1 aliphatic rings. The number of urea groups is 1. The van der Waals surface area contributed by atoms with E-state index in [1.54, 1.807) is 6.07 Å². The largest absolute Gasteiger partial charge is 0.491 e. The molecular formula is C31H48N2O6. The summed E-state index contributed by atoms with van der Waals surface area (Å²) >= 11 is 0. The van der Waals surface area contributed by atoms with E-state index in [0.717, 1.165) is 24.8 Å². The monoisotopic (exact) mass is 544 g/mol. The van der Waals surface area contributed by atoms with Crippen molar-refractivity contribution in [3.63, 3.8) is 0 Å². The fourth-order valence-corrected chi connectivity index (χ4v) is 5.30. The third-order valence-corrected chi connectivity index (χ3v) is 7.23. The SMILES string of the molecule is CCCCCCCCCCCCCCCc1cccc(OC(C)C)c1C1C(C(=O)O)=C(C)NC(=O)N1C(=O)O. The Morgan fingerprint density at radius 1 is 0.923 bits per heavy atom. The summed E-state index contributed by atoms with van der Waals surface area (Å²) in [6, 6.07) is 3.25. The van der Waals surface area contributed by atoms with Gasteiger partial charge in [-0.1, -0.05) is 96.1 Å². The van der Waals surface area contributed by atoms with Crippen LogP contribution in [0.15, 0.2) is 29.5 Å². The quantitative estimate of drug-likeness (QED) is 0.160. The molecule has 1 aliphatic heterocycles. The highest BCUT2D eigenvalue weighted by Gasteiger charge is 2.43. The fourth-order valence-electron chi connectivity index (χ4n) is 5.30. The maximum atomic E-state index is 12.7. The molecule has 0 saturated carbocycles. The Kier molecular flexibility index (Phi) is 13.9. The number of aliphatic carboxylic acids is 1. The minimum Gasteiger partial charge on any atom is -0.491 e. The van der Waals surface area contributed by atoms with Crippen LogP contribution < -0.4 is 10.1 Å². The molecule has 2 rings (SSSR count). The van der Waals surface area contributed by atoms with E-state index >= 15 is 0 Å². The van der Waals surface area contributed by atoms with Gasteiger partial charge in [-0.2, -0.15) is 0 Å². The fraction of sp³-hybridized carbons (Fsp3) is 0.645. The lowest BCUT2D eigenvalue weighted by Gasteiger charge is -2.36. The molecular weight excluding hydrogens is 496 g/mol. The molecule has 0 bridgehead atoms. The van der Waals surface area contributed by atoms with Gasteiger partial charge in [0.25, 0.3) is 0 Å². The highest BCUT2D eigenvalue weighted by atomic mass is 16.5. The average molecular weight is 545 g/mol. The van der Waals surface area contributed by atoms with Gasteiger partial charge >= 0.3 is 18.1 Å². The number of hydrogen-bond donors (Lipinski definition) is 3. The van der Waals surface area contributed by atoms with Gasteiger partial charge in [0, 0.05) is 11.3 Å². The maximum Gasteiger partial charge on any atom is 0.416 e. The van der Waals surface area contributed by atoms with Crippen molar-refractivity contribution < 1.29 is 29.3 Å². The molecule has 3 N–H and O–H groups in total. The molecule has 8 heteroatoms. The predicted molar refractivity (Wildman–Crippen MR) is 153 cm³/mol. The van der Waals surface area contributed by atoms with Crippen LogP contribution in [0.3, 0.4) is 0 Å². The number of imide groups is 1. The summed E-state index contributed by atoms with van der Waals surface area (Å²) in [5.41, 5.74) is 1.18. The second-order valence-electron chi connectivity index (χ2n) is 10.8. The van der Waals surface area contributed by atoms with Crippen molar-refractivity contribution in [3.8, 4) is 5.75 Å². The Balaban J connectivity index is 2.08. The molecule has 1 aromatic carbocycles. The van der Waals surface area contributed by atoms with Gasteiger partial charge in [-0.15, -0.1) is 0 Å². The van der Waals surface area contributed by atoms with Crippen molar-refractivity contribution in [1.82, 2.24) is 10.2 Å². The van der Waals surface area contributed by atoms with Gasteiger partial charge in [0.1, 0.15) is 11.8 Å². The molecule has 8 nitrogen and oxygen atoms in total. The topological polar surface area (TPSA) is 116 Å². The summed E-state index contributed by atoms with van der Waals surface area (Å²) < 4.78 is 6.02. The van der Waals surface area contributed by atoms with E-state index < -0.39 is 24.1 Å². The lowest BCUT2D eigenvalue weighted by Crippen LogP contribution is -2.51. The van der Waals surface area contributed by atoms with Crippen molar-refractivity contribution in [2.75, 3.05) is 0 Å². The van der Waals surface area contributed by atoms with Gasteiger partial charge in [0.05, 0.1) is 11.7 Å². The van der Waals surface area contributed by atoms with Crippen molar-refractivity contribution in [2.45, 2.75) is 130 Å². The van der Waals surface area contributed by atoms with Crippen molar-refractivity contribution >= 4 is 18.1 Å². The van der Waals surface area contributed by atoms with Gasteiger partial charge in [0.15, 0.2) is 0 Å². The van der Waals surface area contributed by atoms with Crippen LogP contribution in [0.5, 0.6) is 5.75 Å². The summed E-state index contributed by atoms with van der Waals surface area (Å²) in [6.45, 7) is 7.43. The lowest BCUT2D eigenvalue weighted by molar-refractivity contribution is -0.133. The molecule has 1 unspecified atom stereocenters. The van der Waals surface area contributed by atoms with Crippen LogP contribution >= 0.6 is 0 Å². The first-order valence-corrected chi connectivity index (χ1v) is 14.7. The third kappa shape index (κ3) is 9.90. The summed E-state index contributed by atoms with van der Waals surface area (Å²) in [6.07, 6.45) is 15.0. The Morgan fingerprint density at radius 2 is 1.46 bits per heavy atom. The number of hydrogen-bond acceptors (Lipinski definition) is 4. The second-order valence-corrected chi connectivity index (χ2v) is 10.8. The van der Waals surface area contributed by atoms with Crippen LogP contribution in [0.4, 0.5) is 9.59 Å². The van der Waals surface area contributed by atoms with Crippen LogP contribution in [0, 0.1) is 0 Å². The lowest BCUT2D eigenvalue weighted by atomic mass is 9.88. The van der Waals surface area contributed by atoms with E-state index in [4.69, 9.17) is 4.74 Å². The Morgan fingerprint density at radius 3 is 1.95 bits per heavy atom. The predicted octanol–water partition coefficient (Wildman–Crippen LogP) is 8.21. The van der Waals surface area contributed by atoms with Gasteiger partial charge in [-0.25, -0.2) is 19.3 Å². The smallest absolute Gasteiger partial charge is 0.416 e. The zero-order valence-corrected chi connectivity index (χ0v) is 24.3. The minimum atomic E-state index is -1.52. The molecule has 1 aromatic rings. The van der Waals surface area contributed by atoms with Gasteiger partial charge in [0.2, 0.25) is 0 Å². The number of allylic oxidation sites excluding steroid dienone is 1. The number of ether oxygens (including phenoxy) is 1. The number of carboxylic acids is 1. The molecule has 0 aliphatic carbocycles. The second kappa shape index (κ2) is 16.8. The number of carboxylic acid groups (broad SMARTS) is 2. The first kappa shape index (κ1) is 32.2. The van der Waals surface area contributed by atoms with Gasteiger partial charge in [-0.3, -0.25) is 0 Å². The number of carbonyl (C=O) groups is 3. The number of unbranched alkanes of at least 4 members (excludes halogenated alkanes) is 12. The average Bonchev–Trinajstić information content (AvgIpc) is 2.85. The summed E-state index contributed by atoms with van der Waals surface area (Å²) in [7, 11) is 0. The molecule has 0 fully saturated rings. The number of aryl methyl sites for hydroxylation is 1. The molecule has 1 heterocycles. The summed E-state index contributed by atoms with van der Waals surface area (Å²) in [4.78, 5) is 37.7. The number of benzene rings is 1. The highest BCUT2D eigenvalue weighted by molar-refractivity contribution is 5.99. The zero-order chi connectivity index (χ0) is 28.8. The number of carbonyl (C=O) groups excluding carboxylic acids is 1. The molecule has 3 amide bonds. The van der Waals surface area contributed by atoms with E-state index in [1.807, 2.05) is 26.0 Å². The molecule has 218 valence electrons. The third-order valence-electron chi connectivity index (χ3n) is 7.23. The van der Waals surface area contributed by atoms with Crippen LogP contribution in [-0.2, 0) is 11.2 Å². The molecule has 39 heavy (non-hydrogen) atoms. The Bertz CT molecular complexity index is 987. The molecule has 0 spiro atoms. The number of rotatable bonds is 18. The number of nitrogens with zero attached hydrogens (tertiary/aromatic N) is 1. The van der Waals surface area contributed by atoms with Crippen molar-refractivity contribution in [3.05, 3.63) is 40.6 Å². The van der Waals surface area contributed by atoms with Crippen molar-refractivity contribution in [1.29, 1.82) is 0 Å². The zero-order valence-electron chi connectivity index (χ0n) is 24.3. The van der Waals surface area contributed by atoms with Gasteiger partial charge < -0.3 is 20.3 Å². The Labute approximate surface area is 233 Å². The van der Waals surface area contributed by atoms with E-state index in [2.05, 4.69) is 12.2 Å². The number of nitrogens with one attached hydrogen (secondary N) is 1. The molecule has 0 saturated heterocycles. The minimum absolute atomic E-state index is 0.126. The Hall–Kier alpha value is -3.03. The normalized spacial score (nSPS) is 15.6. The number of amides is 3. The first-order chi connectivity index (χ1) is 18.7. The van der Waals surface area contributed by atoms with Crippen LogP contribution in [0.2, 0.25) is 0 Å². The van der Waals surface area contributed by atoms with E-state index in [-0.39, 0.29) is 17.4 Å². The van der Waals surface area contributed by atoms with E-state index in [0.29, 0.717) is 22.6 Å². The molecule has 0 radical (unpaired) electrons. The van der Waals surface area contributed by atoms with Gasteiger partial charge in [-0.05, 0) is 45.2 Å².